The summed E-state index contributed by atoms with van der Waals surface area (Å²) >= 11 is 2.89. The molecule has 0 spiro atoms. The molecule has 2 heterocycles. The Hall–Kier alpha value is -2.01. The SMILES string of the molecule is CSCC(=O)Nc1nc2c(s1)CC1C(C)(CO)C(O)CCC1(C)C2CC(=O)NCc1cccnc1. The van der Waals surface area contributed by atoms with Crippen LogP contribution in [0.3, 0.4) is 0 Å². The molecular weight excluding hydrogens is 484 g/mol. The molecule has 1 fully saturated rings. The van der Waals surface area contributed by atoms with E-state index in [0.29, 0.717) is 30.3 Å². The van der Waals surface area contributed by atoms with Crippen molar-refractivity contribution in [1.82, 2.24) is 15.3 Å². The number of nitrogens with zero attached hydrogens (tertiary/aromatic N) is 2. The Balaban J connectivity index is 1.64. The van der Waals surface area contributed by atoms with E-state index in [4.69, 9.17) is 4.98 Å². The predicted octanol–water partition coefficient (Wildman–Crippen LogP) is 2.96. The van der Waals surface area contributed by atoms with Gasteiger partial charge in [0.25, 0.3) is 0 Å². The number of carbonyl (C=O) groups excluding carboxylic acids is 2. The average molecular weight is 519 g/mol. The zero-order valence-corrected chi connectivity index (χ0v) is 22.0. The highest BCUT2D eigenvalue weighted by Gasteiger charge is 2.59. The summed E-state index contributed by atoms with van der Waals surface area (Å²) in [5.41, 5.74) is 0.780. The summed E-state index contributed by atoms with van der Waals surface area (Å²) in [4.78, 5) is 35.3. The molecule has 2 aromatic rings. The van der Waals surface area contributed by atoms with Gasteiger partial charge in [-0.3, -0.25) is 14.6 Å². The van der Waals surface area contributed by atoms with Crippen LogP contribution in [0, 0.1) is 16.7 Å². The number of aliphatic hydroxyl groups excluding tert-OH is 2. The molecule has 2 aliphatic rings. The molecule has 0 aromatic carbocycles. The number of anilines is 1. The number of hydrogen-bond donors (Lipinski definition) is 4. The van der Waals surface area contributed by atoms with E-state index in [2.05, 4.69) is 22.5 Å². The molecule has 5 atom stereocenters. The third-order valence-electron chi connectivity index (χ3n) is 8.02. The zero-order valence-electron chi connectivity index (χ0n) is 20.4. The predicted molar refractivity (Wildman–Crippen MR) is 138 cm³/mol. The maximum atomic E-state index is 13.1. The summed E-state index contributed by atoms with van der Waals surface area (Å²) < 4.78 is 0. The van der Waals surface area contributed by atoms with Crippen LogP contribution in [0.2, 0.25) is 0 Å². The minimum absolute atomic E-state index is 0.0254. The van der Waals surface area contributed by atoms with Crippen molar-refractivity contribution in [3.05, 3.63) is 40.7 Å². The van der Waals surface area contributed by atoms with Crippen LogP contribution in [0.25, 0.3) is 0 Å². The van der Waals surface area contributed by atoms with Crippen molar-refractivity contribution in [2.75, 3.05) is 23.9 Å². The molecule has 0 aliphatic heterocycles. The van der Waals surface area contributed by atoms with Gasteiger partial charge in [0.05, 0.1) is 24.2 Å². The third kappa shape index (κ3) is 5.12. The first-order chi connectivity index (χ1) is 16.7. The van der Waals surface area contributed by atoms with Gasteiger partial charge in [0.15, 0.2) is 5.13 Å². The van der Waals surface area contributed by atoms with Gasteiger partial charge < -0.3 is 20.8 Å². The molecule has 0 saturated heterocycles. The van der Waals surface area contributed by atoms with Gasteiger partial charge in [-0.2, -0.15) is 11.8 Å². The molecule has 2 aromatic heterocycles. The molecule has 0 bridgehead atoms. The fourth-order valence-electron chi connectivity index (χ4n) is 5.95. The molecular formula is C25H34N4O4S2. The van der Waals surface area contributed by atoms with E-state index in [1.54, 1.807) is 12.4 Å². The number of thiazole rings is 1. The zero-order chi connectivity index (χ0) is 25.2. The van der Waals surface area contributed by atoms with Crippen molar-refractivity contribution in [3.63, 3.8) is 0 Å². The number of fused-ring (bicyclic) bond motifs is 2. The van der Waals surface area contributed by atoms with Crippen molar-refractivity contribution in [1.29, 1.82) is 0 Å². The van der Waals surface area contributed by atoms with Crippen LogP contribution in [0.1, 0.15) is 55.2 Å². The average Bonchev–Trinajstić information content (AvgIpc) is 3.24. The Bertz CT molecular complexity index is 1060. The molecule has 8 nitrogen and oxygen atoms in total. The minimum Gasteiger partial charge on any atom is -0.396 e. The number of carbonyl (C=O) groups is 2. The Kier molecular flexibility index (Phi) is 7.85. The molecule has 190 valence electrons. The van der Waals surface area contributed by atoms with Gasteiger partial charge in [0.2, 0.25) is 11.8 Å². The van der Waals surface area contributed by atoms with Crippen molar-refractivity contribution in [3.8, 4) is 0 Å². The number of nitrogens with one attached hydrogen (secondary N) is 2. The van der Waals surface area contributed by atoms with E-state index >= 15 is 0 Å². The second-order valence-corrected chi connectivity index (χ2v) is 12.1. The second-order valence-electron chi connectivity index (χ2n) is 10.2. The maximum Gasteiger partial charge on any atom is 0.236 e. The Morgan fingerprint density at radius 3 is 2.80 bits per heavy atom. The van der Waals surface area contributed by atoms with Crippen molar-refractivity contribution >= 4 is 40.0 Å². The summed E-state index contributed by atoms with van der Waals surface area (Å²) in [5, 5.41) is 27.7. The summed E-state index contributed by atoms with van der Waals surface area (Å²) in [7, 11) is 0. The highest BCUT2D eigenvalue weighted by atomic mass is 32.2. The molecule has 4 rings (SSSR count). The number of amides is 2. The number of aromatic nitrogens is 2. The topological polar surface area (TPSA) is 124 Å². The van der Waals surface area contributed by atoms with Crippen molar-refractivity contribution < 1.29 is 19.8 Å². The first-order valence-corrected chi connectivity index (χ1v) is 14.1. The Morgan fingerprint density at radius 1 is 1.31 bits per heavy atom. The van der Waals surface area contributed by atoms with Crippen LogP contribution in [-0.4, -0.2) is 56.7 Å². The van der Waals surface area contributed by atoms with E-state index in [9.17, 15) is 19.8 Å². The first-order valence-electron chi connectivity index (χ1n) is 11.9. The number of hydrogen-bond acceptors (Lipinski definition) is 8. The van der Waals surface area contributed by atoms with E-state index in [-0.39, 0.29) is 42.1 Å². The van der Waals surface area contributed by atoms with Gasteiger partial charge in [-0.25, -0.2) is 4.98 Å². The fraction of sp³-hybridized carbons (Fsp3) is 0.600. The lowest BCUT2D eigenvalue weighted by atomic mass is 9.47. The van der Waals surface area contributed by atoms with Crippen molar-refractivity contribution in [2.24, 2.45) is 16.7 Å². The largest absolute Gasteiger partial charge is 0.396 e. The first kappa shape index (κ1) is 26.1. The fourth-order valence-corrected chi connectivity index (χ4v) is 7.37. The molecule has 2 aliphatic carbocycles. The monoisotopic (exact) mass is 518 g/mol. The lowest BCUT2D eigenvalue weighted by Gasteiger charge is -2.58. The number of pyridine rings is 1. The van der Waals surface area contributed by atoms with Crippen LogP contribution in [0.4, 0.5) is 5.13 Å². The van der Waals surface area contributed by atoms with Crippen LogP contribution >= 0.6 is 23.1 Å². The van der Waals surface area contributed by atoms with Gasteiger partial charge >= 0.3 is 0 Å². The Morgan fingerprint density at radius 2 is 2.11 bits per heavy atom. The molecule has 5 unspecified atom stereocenters. The lowest BCUT2D eigenvalue weighted by molar-refractivity contribution is -0.144. The molecule has 35 heavy (non-hydrogen) atoms. The van der Waals surface area contributed by atoms with Crippen molar-refractivity contribution in [2.45, 2.75) is 58.1 Å². The van der Waals surface area contributed by atoms with Gasteiger partial charge in [-0.15, -0.1) is 11.3 Å². The lowest BCUT2D eigenvalue weighted by Crippen LogP contribution is -2.57. The van der Waals surface area contributed by atoms with E-state index in [1.165, 1.54) is 23.1 Å². The molecule has 0 radical (unpaired) electrons. The summed E-state index contributed by atoms with van der Waals surface area (Å²) in [5.74, 6) is -0.0499. The number of thioether (sulfide) groups is 1. The summed E-state index contributed by atoms with van der Waals surface area (Å²) in [6.45, 7) is 4.39. The van der Waals surface area contributed by atoms with E-state index in [1.807, 2.05) is 25.3 Å². The smallest absolute Gasteiger partial charge is 0.236 e. The van der Waals surface area contributed by atoms with Gasteiger partial charge in [-0.05, 0) is 48.5 Å². The normalized spacial score (nSPS) is 29.7. The van der Waals surface area contributed by atoms with Gasteiger partial charge in [0, 0.05) is 41.6 Å². The number of rotatable bonds is 8. The summed E-state index contributed by atoms with van der Waals surface area (Å²) in [6, 6.07) is 3.76. The van der Waals surface area contributed by atoms with Crippen LogP contribution < -0.4 is 10.6 Å². The molecule has 10 heteroatoms. The minimum atomic E-state index is -0.679. The maximum absolute atomic E-state index is 13.1. The molecule has 1 saturated carbocycles. The van der Waals surface area contributed by atoms with Crippen LogP contribution in [-0.2, 0) is 22.6 Å². The Labute approximate surface area is 214 Å². The standard InChI is InChI=1S/C25H34N4O4S2/c1-24-7-6-19(31)25(2,14-30)18(24)10-17-22(29-23(35-17)28-21(33)13-34-3)16(24)9-20(32)27-12-15-5-4-8-26-11-15/h4-5,8,11,16,18-19,30-31H,6-7,9-10,12-14H2,1-3H3,(H,27,32)(H,28,29,33). The third-order valence-corrected chi connectivity index (χ3v) is 9.58. The van der Waals surface area contributed by atoms with Gasteiger partial charge in [-0.1, -0.05) is 19.9 Å². The van der Waals surface area contributed by atoms with Gasteiger partial charge in [0.1, 0.15) is 0 Å². The molecule has 4 N–H and O–H groups in total. The number of aliphatic hydroxyl groups is 2. The van der Waals surface area contributed by atoms with Crippen LogP contribution in [0.15, 0.2) is 24.5 Å². The highest BCUT2D eigenvalue weighted by Crippen LogP contribution is 2.62. The van der Waals surface area contributed by atoms with E-state index < -0.39 is 11.5 Å². The molecule has 2 amide bonds. The van der Waals surface area contributed by atoms with E-state index in [0.717, 1.165) is 22.6 Å². The quantitative estimate of drug-likeness (QED) is 0.423. The highest BCUT2D eigenvalue weighted by molar-refractivity contribution is 7.99. The van der Waals surface area contributed by atoms with Crippen LogP contribution in [0.5, 0.6) is 0 Å². The summed E-state index contributed by atoms with van der Waals surface area (Å²) in [6.07, 6.45) is 6.90. The second kappa shape index (κ2) is 10.5.